The first-order valence-electron chi connectivity index (χ1n) is 7.35. The maximum Gasteiger partial charge on any atom is 0.200 e. The summed E-state index contributed by atoms with van der Waals surface area (Å²) in [5.41, 5.74) is 0.477. The highest BCUT2D eigenvalue weighted by Crippen LogP contribution is 2.36. The number of benzene rings is 1. The van der Waals surface area contributed by atoms with Crippen LogP contribution in [-0.4, -0.2) is 18.3 Å². The van der Waals surface area contributed by atoms with E-state index in [0.717, 1.165) is 25.7 Å². The van der Waals surface area contributed by atoms with Crippen LogP contribution in [0.4, 0.5) is 8.78 Å². The fourth-order valence-corrected chi connectivity index (χ4v) is 2.67. The third-order valence-electron chi connectivity index (χ3n) is 3.96. The molecule has 1 fully saturated rings. The van der Waals surface area contributed by atoms with E-state index in [4.69, 9.17) is 9.84 Å². The Hall–Kier alpha value is -1.16. The molecule has 0 bridgehead atoms. The molecule has 0 saturated heterocycles. The predicted octanol–water partition coefficient (Wildman–Crippen LogP) is 4.02. The fraction of sp³-hybridized carbons (Fsp3) is 0.625. The summed E-state index contributed by atoms with van der Waals surface area (Å²) in [6.45, 7) is 1.92. The number of ether oxygens (including phenoxy) is 1. The lowest BCUT2D eigenvalue weighted by molar-refractivity contribution is 0.170. The summed E-state index contributed by atoms with van der Waals surface area (Å²) >= 11 is 0. The van der Waals surface area contributed by atoms with Crippen molar-refractivity contribution in [2.24, 2.45) is 5.92 Å². The van der Waals surface area contributed by atoms with Crippen LogP contribution in [-0.2, 0) is 0 Å². The average molecular weight is 284 g/mol. The fourth-order valence-electron chi connectivity index (χ4n) is 2.67. The molecule has 0 radical (unpaired) electrons. The van der Waals surface area contributed by atoms with E-state index >= 15 is 0 Å². The number of hydrogen-bond acceptors (Lipinski definition) is 2. The van der Waals surface area contributed by atoms with Crippen molar-refractivity contribution in [2.75, 3.05) is 13.2 Å². The molecule has 0 amide bonds. The van der Waals surface area contributed by atoms with Crippen LogP contribution in [0.3, 0.4) is 0 Å². The van der Waals surface area contributed by atoms with Crippen LogP contribution >= 0.6 is 0 Å². The van der Waals surface area contributed by atoms with Gasteiger partial charge in [0.2, 0.25) is 5.82 Å². The molecule has 4 heteroatoms. The summed E-state index contributed by atoms with van der Waals surface area (Å²) in [6, 6.07) is 3.15. The van der Waals surface area contributed by atoms with Crippen molar-refractivity contribution in [1.29, 1.82) is 0 Å². The van der Waals surface area contributed by atoms with Gasteiger partial charge in [-0.05, 0) is 30.4 Å². The van der Waals surface area contributed by atoms with Gasteiger partial charge in [-0.2, -0.15) is 4.39 Å². The second kappa shape index (κ2) is 7.02. The quantitative estimate of drug-likeness (QED) is 0.885. The molecule has 1 N–H and O–H groups in total. The topological polar surface area (TPSA) is 29.5 Å². The van der Waals surface area contributed by atoms with Crippen LogP contribution in [0.5, 0.6) is 5.75 Å². The number of halogens is 2. The zero-order chi connectivity index (χ0) is 14.5. The Morgan fingerprint density at radius 2 is 1.90 bits per heavy atom. The van der Waals surface area contributed by atoms with Gasteiger partial charge in [0.1, 0.15) is 0 Å². The Bertz CT molecular complexity index is 442. The Morgan fingerprint density at radius 1 is 1.20 bits per heavy atom. The monoisotopic (exact) mass is 284 g/mol. The summed E-state index contributed by atoms with van der Waals surface area (Å²) in [6.07, 6.45) is 5.20. The molecule has 1 aromatic rings. The van der Waals surface area contributed by atoms with Gasteiger partial charge in [-0.25, -0.2) is 4.39 Å². The molecule has 1 atom stereocenters. The van der Waals surface area contributed by atoms with Crippen LogP contribution in [0.25, 0.3) is 0 Å². The minimum Gasteiger partial charge on any atom is -0.490 e. The van der Waals surface area contributed by atoms with Crippen molar-refractivity contribution in [1.82, 2.24) is 0 Å². The molecule has 112 valence electrons. The van der Waals surface area contributed by atoms with Crippen molar-refractivity contribution < 1.29 is 18.6 Å². The van der Waals surface area contributed by atoms with Crippen molar-refractivity contribution in [2.45, 2.75) is 44.9 Å². The smallest absolute Gasteiger partial charge is 0.200 e. The maximum absolute atomic E-state index is 14.1. The van der Waals surface area contributed by atoms with E-state index in [-0.39, 0.29) is 30.8 Å². The minimum absolute atomic E-state index is 0.0374. The van der Waals surface area contributed by atoms with Gasteiger partial charge in [0.05, 0.1) is 6.61 Å². The van der Waals surface area contributed by atoms with E-state index in [9.17, 15) is 8.78 Å². The molecule has 20 heavy (non-hydrogen) atoms. The van der Waals surface area contributed by atoms with Gasteiger partial charge < -0.3 is 9.84 Å². The molecule has 1 aliphatic rings. The van der Waals surface area contributed by atoms with Crippen LogP contribution in [0.2, 0.25) is 0 Å². The van der Waals surface area contributed by atoms with Gasteiger partial charge in [0.25, 0.3) is 0 Å². The van der Waals surface area contributed by atoms with Gasteiger partial charge in [0, 0.05) is 12.5 Å². The molecule has 0 spiro atoms. The Labute approximate surface area is 118 Å². The molecule has 2 nitrogen and oxygen atoms in total. The van der Waals surface area contributed by atoms with Crippen LogP contribution < -0.4 is 4.74 Å². The van der Waals surface area contributed by atoms with E-state index in [1.54, 1.807) is 13.0 Å². The molecule has 1 aromatic carbocycles. The van der Waals surface area contributed by atoms with E-state index in [1.165, 1.54) is 12.5 Å². The molecule has 2 rings (SSSR count). The molecule has 1 saturated carbocycles. The molecule has 1 aliphatic carbocycles. The number of aliphatic hydroxyl groups is 1. The number of hydrogen-bond donors (Lipinski definition) is 1. The van der Waals surface area contributed by atoms with Crippen LogP contribution in [0, 0.1) is 17.6 Å². The van der Waals surface area contributed by atoms with E-state index in [2.05, 4.69) is 0 Å². The van der Waals surface area contributed by atoms with E-state index in [0.29, 0.717) is 5.56 Å². The first-order chi connectivity index (χ1) is 9.63. The second-order valence-electron chi connectivity index (χ2n) is 5.71. The lowest BCUT2D eigenvalue weighted by Crippen LogP contribution is -2.14. The standard InChI is InChI=1S/C16H22F2O2/c1-11(9-19)10-20-14-8-7-13(15(17)16(14)18)12-5-3-2-4-6-12/h7-8,11-12,19H,2-6,9-10H2,1H3/t11-/m0/s1. The number of aliphatic hydroxyl groups excluding tert-OH is 1. The SMILES string of the molecule is C[C@@H](CO)COc1ccc(C2CCCCC2)c(F)c1F. The third-order valence-corrected chi connectivity index (χ3v) is 3.96. The van der Waals surface area contributed by atoms with Gasteiger partial charge in [0.15, 0.2) is 11.6 Å². The Morgan fingerprint density at radius 3 is 2.55 bits per heavy atom. The molecule has 0 unspecified atom stereocenters. The Kier molecular flexibility index (Phi) is 5.35. The highest BCUT2D eigenvalue weighted by molar-refractivity contribution is 5.33. The minimum atomic E-state index is -0.904. The molecular weight excluding hydrogens is 262 g/mol. The summed E-state index contributed by atoms with van der Waals surface area (Å²) in [4.78, 5) is 0. The third kappa shape index (κ3) is 3.48. The Balaban J connectivity index is 2.11. The highest BCUT2D eigenvalue weighted by atomic mass is 19.2. The summed E-state index contributed by atoms with van der Waals surface area (Å²) in [7, 11) is 0. The molecule has 0 aliphatic heterocycles. The number of rotatable bonds is 5. The van der Waals surface area contributed by atoms with Gasteiger partial charge in [-0.1, -0.05) is 32.3 Å². The predicted molar refractivity (Wildman–Crippen MR) is 73.9 cm³/mol. The zero-order valence-corrected chi connectivity index (χ0v) is 11.9. The summed E-state index contributed by atoms with van der Waals surface area (Å²) in [5, 5.41) is 8.90. The zero-order valence-electron chi connectivity index (χ0n) is 11.9. The van der Waals surface area contributed by atoms with E-state index in [1.807, 2.05) is 0 Å². The largest absolute Gasteiger partial charge is 0.490 e. The lowest BCUT2D eigenvalue weighted by Gasteiger charge is -2.23. The van der Waals surface area contributed by atoms with Crippen molar-refractivity contribution in [3.05, 3.63) is 29.3 Å². The van der Waals surface area contributed by atoms with Crippen molar-refractivity contribution in [3.63, 3.8) is 0 Å². The van der Waals surface area contributed by atoms with E-state index < -0.39 is 11.6 Å². The molecule has 0 heterocycles. The van der Waals surface area contributed by atoms with Gasteiger partial charge in [-0.15, -0.1) is 0 Å². The van der Waals surface area contributed by atoms with Crippen LogP contribution in [0.1, 0.15) is 50.5 Å². The first kappa shape index (κ1) is 15.2. The summed E-state index contributed by atoms with van der Waals surface area (Å²) < 4.78 is 33.4. The van der Waals surface area contributed by atoms with Crippen molar-refractivity contribution in [3.8, 4) is 5.75 Å². The van der Waals surface area contributed by atoms with Crippen molar-refractivity contribution >= 4 is 0 Å². The normalized spacial score (nSPS) is 18.0. The highest BCUT2D eigenvalue weighted by Gasteiger charge is 2.23. The maximum atomic E-state index is 14.1. The molecular formula is C16H22F2O2. The lowest BCUT2D eigenvalue weighted by atomic mass is 9.84. The first-order valence-corrected chi connectivity index (χ1v) is 7.35. The van der Waals surface area contributed by atoms with Gasteiger partial charge in [-0.3, -0.25) is 0 Å². The molecule has 0 aromatic heterocycles. The average Bonchev–Trinajstić information content (AvgIpc) is 2.49. The summed E-state index contributed by atoms with van der Waals surface area (Å²) in [5.74, 6) is -1.72. The van der Waals surface area contributed by atoms with Gasteiger partial charge >= 0.3 is 0 Å². The van der Waals surface area contributed by atoms with Crippen LogP contribution in [0.15, 0.2) is 12.1 Å². The second-order valence-corrected chi connectivity index (χ2v) is 5.71.